The van der Waals surface area contributed by atoms with Gasteiger partial charge in [0, 0.05) is 36.9 Å². The van der Waals surface area contributed by atoms with Crippen LogP contribution in [-0.2, 0) is 0 Å². The third-order valence-corrected chi connectivity index (χ3v) is 2.89. The molecular weight excluding hydrogens is 250 g/mol. The number of rotatable bonds is 3. The fourth-order valence-electron chi connectivity index (χ4n) is 1.81. The number of hydrogen-bond donors (Lipinski definition) is 1. The summed E-state index contributed by atoms with van der Waals surface area (Å²) in [5.41, 5.74) is 8.17. The highest BCUT2D eigenvalue weighted by Crippen LogP contribution is 2.12. The third kappa shape index (κ3) is 3.00. The van der Waals surface area contributed by atoms with Crippen LogP contribution in [0.15, 0.2) is 59.0 Å². The van der Waals surface area contributed by atoms with Crippen molar-refractivity contribution in [2.75, 3.05) is 6.54 Å². The van der Waals surface area contributed by atoms with Gasteiger partial charge >= 0.3 is 0 Å². The predicted molar refractivity (Wildman–Crippen MR) is 83.1 cm³/mol. The SMILES string of the molecule is C=N/N=C(/c1ccc(/C(N)=C/C)cn1)N1C=CC=CC1. The fourth-order valence-corrected chi connectivity index (χ4v) is 1.81. The molecule has 20 heavy (non-hydrogen) atoms. The Labute approximate surface area is 118 Å². The van der Waals surface area contributed by atoms with Crippen LogP contribution in [-0.4, -0.2) is 29.0 Å². The van der Waals surface area contributed by atoms with E-state index in [1.807, 2.05) is 54.5 Å². The van der Waals surface area contributed by atoms with E-state index in [9.17, 15) is 0 Å². The topological polar surface area (TPSA) is 66.9 Å². The molecular formula is C15H17N5. The van der Waals surface area contributed by atoms with Crippen molar-refractivity contribution in [1.29, 1.82) is 0 Å². The van der Waals surface area contributed by atoms with Gasteiger partial charge in [0.2, 0.25) is 0 Å². The molecule has 0 bridgehead atoms. The Bertz CT molecular complexity index is 593. The van der Waals surface area contributed by atoms with Crippen molar-refractivity contribution < 1.29 is 0 Å². The minimum Gasteiger partial charge on any atom is -0.398 e. The Morgan fingerprint density at radius 3 is 2.85 bits per heavy atom. The lowest BCUT2D eigenvalue weighted by molar-refractivity contribution is 0.611. The van der Waals surface area contributed by atoms with Crippen molar-refractivity contribution in [1.82, 2.24) is 9.88 Å². The summed E-state index contributed by atoms with van der Waals surface area (Å²) in [6.07, 6.45) is 11.5. The van der Waals surface area contributed by atoms with Crippen molar-refractivity contribution in [3.8, 4) is 0 Å². The lowest BCUT2D eigenvalue weighted by Crippen LogP contribution is -2.28. The Kier molecular flexibility index (Phi) is 4.44. The van der Waals surface area contributed by atoms with Gasteiger partial charge in [-0.05, 0) is 25.1 Å². The maximum atomic E-state index is 5.85. The number of nitrogens with two attached hydrogens (primary N) is 1. The molecule has 5 nitrogen and oxygen atoms in total. The molecule has 1 aromatic heterocycles. The summed E-state index contributed by atoms with van der Waals surface area (Å²) in [5.74, 6) is 0.659. The summed E-state index contributed by atoms with van der Waals surface area (Å²) in [4.78, 5) is 6.36. The van der Waals surface area contributed by atoms with Gasteiger partial charge in [-0.15, -0.1) is 5.10 Å². The summed E-state index contributed by atoms with van der Waals surface area (Å²) in [6.45, 7) is 6.04. The van der Waals surface area contributed by atoms with E-state index in [0.717, 1.165) is 17.8 Å². The lowest BCUT2D eigenvalue weighted by Gasteiger charge is -2.21. The van der Waals surface area contributed by atoms with Crippen LogP contribution < -0.4 is 5.73 Å². The van der Waals surface area contributed by atoms with Crippen LogP contribution in [0.1, 0.15) is 18.2 Å². The van der Waals surface area contributed by atoms with E-state index in [-0.39, 0.29) is 0 Å². The van der Waals surface area contributed by atoms with Crippen LogP contribution in [0.25, 0.3) is 5.70 Å². The van der Waals surface area contributed by atoms with Crippen LogP contribution in [0.3, 0.4) is 0 Å². The highest BCUT2D eigenvalue weighted by molar-refractivity contribution is 5.98. The van der Waals surface area contributed by atoms with Crippen molar-refractivity contribution in [3.05, 3.63) is 60.1 Å². The minimum atomic E-state index is 0.659. The Morgan fingerprint density at radius 1 is 1.45 bits per heavy atom. The molecule has 0 amide bonds. The van der Waals surface area contributed by atoms with E-state index in [4.69, 9.17) is 5.73 Å². The van der Waals surface area contributed by atoms with Gasteiger partial charge in [-0.25, -0.2) is 0 Å². The molecule has 5 heteroatoms. The Hall–Kier alpha value is -2.69. The lowest BCUT2D eigenvalue weighted by atomic mass is 10.2. The summed E-state index contributed by atoms with van der Waals surface area (Å²) >= 11 is 0. The molecule has 102 valence electrons. The summed E-state index contributed by atoms with van der Waals surface area (Å²) < 4.78 is 0. The van der Waals surface area contributed by atoms with Gasteiger partial charge in [0.05, 0.1) is 0 Å². The van der Waals surface area contributed by atoms with Gasteiger partial charge in [-0.2, -0.15) is 5.10 Å². The first-order chi connectivity index (χ1) is 9.76. The maximum absolute atomic E-state index is 5.85. The van der Waals surface area contributed by atoms with Crippen molar-refractivity contribution >= 4 is 18.3 Å². The first kappa shape index (κ1) is 13.7. The van der Waals surface area contributed by atoms with Gasteiger partial charge in [0.1, 0.15) is 5.69 Å². The van der Waals surface area contributed by atoms with Gasteiger partial charge in [0.25, 0.3) is 0 Å². The number of pyridine rings is 1. The molecule has 2 N–H and O–H groups in total. The monoisotopic (exact) mass is 267 g/mol. The van der Waals surface area contributed by atoms with Crippen LogP contribution in [0.4, 0.5) is 0 Å². The zero-order chi connectivity index (χ0) is 14.4. The average molecular weight is 267 g/mol. The average Bonchev–Trinajstić information content (AvgIpc) is 2.53. The first-order valence-corrected chi connectivity index (χ1v) is 6.28. The molecule has 1 aromatic rings. The van der Waals surface area contributed by atoms with Gasteiger partial charge in [0.15, 0.2) is 5.84 Å². The number of aromatic nitrogens is 1. The molecule has 2 heterocycles. The highest BCUT2D eigenvalue weighted by Gasteiger charge is 2.13. The van der Waals surface area contributed by atoms with E-state index < -0.39 is 0 Å². The zero-order valence-electron chi connectivity index (χ0n) is 11.4. The zero-order valence-corrected chi connectivity index (χ0v) is 11.4. The summed E-state index contributed by atoms with van der Waals surface area (Å²) in [7, 11) is 0. The van der Waals surface area contributed by atoms with Crippen LogP contribution >= 0.6 is 0 Å². The van der Waals surface area contributed by atoms with Gasteiger partial charge in [-0.1, -0.05) is 18.2 Å². The van der Waals surface area contributed by atoms with Crippen molar-refractivity contribution in [2.45, 2.75) is 6.92 Å². The molecule has 0 fully saturated rings. The second-order valence-corrected chi connectivity index (χ2v) is 4.16. The summed E-state index contributed by atoms with van der Waals surface area (Å²) in [5, 5.41) is 7.70. The quantitative estimate of drug-likeness (QED) is 0.518. The second-order valence-electron chi connectivity index (χ2n) is 4.16. The molecule has 0 aliphatic carbocycles. The molecule has 0 aromatic carbocycles. The molecule has 0 saturated carbocycles. The molecule has 0 unspecified atom stereocenters. The van der Waals surface area contributed by atoms with Crippen molar-refractivity contribution in [3.63, 3.8) is 0 Å². The molecule has 2 rings (SSSR count). The van der Waals surface area contributed by atoms with Crippen molar-refractivity contribution in [2.24, 2.45) is 15.9 Å². The fraction of sp³-hybridized carbons (Fsp3) is 0.133. The van der Waals surface area contributed by atoms with Gasteiger partial charge < -0.3 is 10.6 Å². The number of hydrogen-bond acceptors (Lipinski definition) is 4. The normalized spacial score (nSPS) is 15.6. The molecule has 0 spiro atoms. The number of allylic oxidation sites excluding steroid dienone is 3. The third-order valence-electron chi connectivity index (χ3n) is 2.89. The number of nitrogens with zero attached hydrogens (tertiary/aromatic N) is 4. The molecule has 0 radical (unpaired) electrons. The minimum absolute atomic E-state index is 0.659. The van der Waals surface area contributed by atoms with E-state index in [1.54, 1.807) is 6.20 Å². The van der Waals surface area contributed by atoms with Crippen LogP contribution in [0.5, 0.6) is 0 Å². The first-order valence-electron chi connectivity index (χ1n) is 6.28. The number of amidine groups is 1. The predicted octanol–water partition coefficient (Wildman–Crippen LogP) is 2.15. The Balaban J connectivity index is 2.31. The molecule has 0 saturated heterocycles. The van der Waals surface area contributed by atoms with E-state index in [2.05, 4.69) is 21.9 Å². The van der Waals surface area contributed by atoms with Gasteiger partial charge in [-0.3, -0.25) is 4.98 Å². The maximum Gasteiger partial charge on any atom is 0.181 e. The molecule has 1 aliphatic rings. The summed E-state index contributed by atoms with van der Waals surface area (Å²) in [6, 6.07) is 3.79. The van der Waals surface area contributed by atoms with Crippen LogP contribution in [0.2, 0.25) is 0 Å². The highest BCUT2D eigenvalue weighted by atomic mass is 15.3. The van der Waals surface area contributed by atoms with E-state index >= 15 is 0 Å². The van der Waals surface area contributed by atoms with Crippen LogP contribution in [0, 0.1) is 0 Å². The van der Waals surface area contributed by atoms with E-state index in [1.165, 1.54) is 0 Å². The standard InChI is InChI=1S/C15H17N5/c1-3-13(16)12-7-8-14(18-11-12)15(19-17-2)20-9-5-4-6-10-20/h3-9,11H,2,10,16H2,1H3/b13-3-,19-15-. The largest absolute Gasteiger partial charge is 0.398 e. The Morgan fingerprint density at radius 2 is 2.30 bits per heavy atom. The van der Waals surface area contributed by atoms with E-state index in [0.29, 0.717) is 11.5 Å². The molecule has 0 atom stereocenters. The smallest absolute Gasteiger partial charge is 0.181 e. The molecule has 1 aliphatic heterocycles. The second kappa shape index (κ2) is 6.47.